The van der Waals surface area contributed by atoms with E-state index in [2.05, 4.69) is 5.92 Å². The number of para-hydroxylation sites is 1. The Balaban J connectivity index is 1.99. The number of ether oxygens (including phenoxy) is 1. The van der Waals surface area contributed by atoms with Crippen molar-refractivity contribution >= 4 is 0 Å². The zero-order valence-corrected chi connectivity index (χ0v) is 9.23. The Labute approximate surface area is 96.3 Å². The van der Waals surface area contributed by atoms with Gasteiger partial charge in [0.15, 0.2) is 0 Å². The Kier molecular flexibility index (Phi) is 3.48. The molecule has 84 valence electrons. The van der Waals surface area contributed by atoms with Gasteiger partial charge in [0.05, 0.1) is 12.7 Å². The quantitative estimate of drug-likeness (QED) is 0.618. The minimum Gasteiger partial charge on any atom is -0.493 e. The van der Waals surface area contributed by atoms with E-state index in [1.165, 1.54) is 0 Å². The van der Waals surface area contributed by atoms with E-state index >= 15 is 0 Å². The highest BCUT2D eigenvalue weighted by Gasteiger charge is 2.29. The van der Waals surface area contributed by atoms with Crippen molar-refractivity contribution in [3.8, 4) is 18.1 Å². The Morgan fingerprint density at radius 3 is 3.12 bits per heavy atom. The SMILES string of the molecule is C#CCCCC(O)C1COc2ccccc21. The van der Waals surface area contributed by atoms with Crippen LogP contribution in [-0.2, 0) is 0 Å². The van der Waals surface area contributed by atoms with Crippen LogP contribution in [0.5, 0.6) is 5.75 Å². The molecule has 2 heteroatoms. The van der Waals surface area contributed by atoms with Crippen LogP contribution in [0.2, 0.25) is 0 Å². The fourth-order valence-corrected chi connectivity index (χ4v) is 2.12. The van der Waals surface area contributed by atoms with E-state index in [1.807, 2.05) is 24.3 Å². The first kappa shape index (κ1) is 11.0. The van der Waals surface area contributed by atoms with Crippen LogP contribution < -0.4 is 4.74 Å². The summed E-state index contributed by atoms with van der Waals surface area (Å²) in [5.41, 5.74) is 1.12. The van der Waals surface area contributed by atoms with Crippen molar-refractivity contribution < 1.29 is 9.84 Å². The molecule has 1 N–H and O–H groups in total. The van der Waals surface area contributed by atoms with Crippen molar-refractivity contribution in [1.29, 1.82) is 0 Å². The van der Waals surface area contributed by atoms with E-state index in [9.17, 15) is 5.11 Å². The van der Waals surface area contributed by atoms with Gasteiger partial charge < -0.3 is 9.84 Å². The predicted molar refractivity (Wildman–Crippen MR) is 63.4 cm³/mol. The average molecular weight is 216 g/mol. The molecular formula is C14H16O2. The van der Waals surface area contributed by atoms with Crippen molar-refractivity contribution in [2.24, 2.45) is 0 Å². The first-order valence-electron chi connectivity index (χ1n) is 5.66. The van der Waals surface area contributed by atoms with Gasteiger partial charge in [-0.1, -0.05) is 18.2 Å². The van der Waals surface area contributed by atoms with Gasteiger partial charge in [-0.2, -0.15) is 0 Å². The standard InChI is InChI=1S/C14H16O2/c1-2-3-4-8-13(15)12-10-16-14-9-6-5-7-11(12)14/h1,5-7,9,12-13,15H,3-4,8,10H2. The van der Waals surface area contributed by atoms with Gasteiger partial charge in [-0.25, -0.2) is 0 Å². The van der Waals surface area contributed by atoms with Crippen molar-refractivity contribution in [2.75, 3.05) is 6.61 Å². The highest BCUT2D eigenvalue weighted by molar-refractivity contribution is 5.40. The summed E-state index contributed by atoms with van der Waals surface area (Å²) < 4.78 is 5.54. The number of hydrogen-bond acceptors (Lipinski definition) is 2. The summed E-state index contributed by atoms with van der Waals surface area (Å²) in [5, 5.41) is 10.1. The third kappa shape index (κ3) is 2.20. The average Bonchev–Trinajstić information content (AvgIpc) is 2.73. The summed E-state index contributed by atoms with van der Waals surface area (Å²) in [6.07, 6.45) is 7.18. The molecule has 0 bridgehead atoms. The van der Waals surface area contributed by atoms with Crippen LogP contribution in [0.4, 0.5) is 0 Å². The first-order valence-corrected chi connectivity index (χ1v) is 5.66. The topological polar surface area (TPSA) is 29.5 Å². The fraction of sp³-hybridized carbons (Fsp3) is 0.429. The Hall–Kier alpha value is -1.46. The summed E-state index contributed by atoms with van der Waals surface area (Å²) >= 11 is 0. The number of fused-ring (bicyclic) bond motifs is 1. The third-order valence-corrected chi connectivity index (χ3v) is 3.02. The molecule has 1 aromatic carbocycles. The molecule has 1 aliphatic heterocycles. The molecule has 1 heterocycles. The van der Waals surface area contributed by atoms with E-state index in [0.717, 1.165) is 30.6 Å². The van der Waals surface area contributed by atoms with E-state index in [-0.39, 0.29) is 12.0 Å². The highest BCUT2D eigenvalue weighted by atomic mass is 16.5. The second-order valence-electron chi connectivity index (χ2n) is 4.12. The van der Waals surface area contributed by atoms with Gasteiger partial charge in [-0.05, 0) is 18.9 Å². The molecule has 0 aromatic heterocycles. The molecule has 0 spiro atoms. The molecule has 0 amide bonds. The monoisotopic (exact) mass is 216 g/mol. The summed E-state index contributed by atoms with van der Waals surface area (Å²) in [6.45, 7) is 0.580. The highest BCUT2D eigenvalue weighted by Crippen LogP contribution is 2.36. The number of unbranched alkanes of at least 4 members (excludes halogenated alkanes) is 1. The van der Waals surface area contributed by atoms with E-state index in [1.54, 1.807) is 0 Å². The summed E-state index contributed by atoms with van der Waals surface area (Å²) in [7, 11) is 0. The minimum atomic E-state index is -0.350. The largest absolute Gasteiger partial charge is 0.493 e. The zero-order valence-electron chi connectivity index (χ0n) is 9.23. The van der Waals surface area contributed by atoms with Gasteiger partial charge >= 0.3 is 0 Å². The third-order valence-electron chi connectivity index (χ3n) is 3.02. The van der Waals surface area contributed by atoms with Crippen LogP contribution in [-0.4, -0.2) is 17.8 Å². The molecule has 2 atom stereocenters. The Morgan fingerprint density at radius 2 is 2.31 bits per heavy atom. The molecule has 2 unspecified atom stereocenters. The van der Waals surface area contributed by atoms with E-state index in [0.29, 0.717) is 6.61 Å². The minimum absolute atomic E-state index is 0.106. The number of aliphatic hydroxyl groups excluding tert-OH is 1. The predicted octanol–water partition coefficient (Wildman–Crippen LogP) is 2.33. The van der Waals surface area contributed by atoms with Crippen LogP contribution in [0.3, 0.4) is 0 Å². The normalized spacial score (nSPS) is 19.6. The molecule has 1 aliphatic rings. The van der Waals surface area contributed by atoms with Gasteiger partial charge in [0, 0.05) is 17.9 Å². The number of aliphatic hydroxyl groups is 1. The lowest BCUT2D eigenvalue weighted by molar-refractivity contribution is 0.118. The van der Waals surface area contributed by atoms with Crippen LogP contribution in [0.1, 0.15) is 30.7 Å². The molecule has 0 saturated carbocycles. The number of terminal acetylenes is 1. The van der Waals surface area contributed by atoms with Crippen molar-refractivity contribution in [3.05, 3.63) is 29.8 Å². The van der Waals surface area contributed by atoms with Crippen LogP contribution >= 0.6 is 0 Å². The molecule has 2 nitrogen and oxygen atoms in total. The summed E-state index contributed by atoms with van der Waals surface area (Å²) in [6, 6.07) is 7.90. The summed E-state index contributed by atoms with van der Waals surface area (Å²) in [5.74, 6) is 3.60. The Bertz CT molecular complexity index is 392. The maximum atomic E-state index is 10.1. The second-order valence-corrected chi connectivity index (χ2v) is 4.12. The van der Waals surface area contributed by atoms with Crippen molar-refractivity contribution in [1.82, 2.24) is 0 Å². The molecule has 0 saturated heterocycles. The van der Waals surface area contributed by atoms with Gasteiger partial charge in [-0.15, -0.1) is 12.3 Å². The van der Waals surface area contributed by atoms with Crippen LogP contribution in [0.15, 0.2) is 24.3 Å². The van der Waals surface area contributed by atoms with Crippen LogP contribution in [0.25, 0.3) is 0 Å². The lowest BCUT2D eigenvalue weighted by atomic mass is 9.92. The fourth-order valence-electron chi connectivity index (χ4n) is 2.12. The maximum Gasteiger partial charge on any atom is 0.123 e. The van der Waals surface area contributed by atoms with E-state index < -0.39 is 0 Å². The molecule has 1 aromatic rings. The second kappa shape index (κ2) is 5.05. The first-order chi connectivity index (χ1) is 7.83. The van der Waals surface area contributed by atoms with E-state index in [4.69, 9.17) is 11.2 Å². The van der Waals surface area contributed by atoms with Gasteiger partial charge in [0.1, 0.15) is 5.75 Å². The maximum absolute atomic E-state index is 10.1. The molecular weight excluding hydrogens is 200 g/mol. The molecule has 0 aliphatic carbocycles. The zero-order chi connectivity index (χ0) is 11.4. The summed E-state index contributed by atoms with van der Waals surface area (Å²) in [4.78, 5) is 0. The lowest BCUT2D eigenvalue weighted by Gasteiger charge is -2.16. The number of rotatable bonds is 4. The number of benzene rings is 1. The molecule has 0 fully saturated rings. The molecule has 0 radical (unpaired) electrons. The Morgan fingerprint density at radius 1 is 1.50 bits per heavy atom. The smallest absolute Gasteiger partial charge is 0.123 e. The van der Waals surface area contributed by atoms with Crippen molar-refractivity contribution in [3.63, 3.8) is 0 Å². The number of hydrogen-bond donors (Lipinski definition) is 1. The lowest BCUT2D eigenvalue weighted by Crippen LogP contribution is -2.19. The van der Waals surface area contributed by atoms with Gasteiger partial charge in [-0.3, -0.25) is 0 Å². The van der Waals surface area contributed by atoms with Gasteiger partial charge in [0.25, 0.3) is 0 Å². The van der Waals surface area contributed by atoms with Crippen LogP contribution in [0, 0.1) is 12.3 Å². The molecule has 2 rings (SSSR count). The van der Waals surface area contributed by atoms with Crippen molar-refractivity contribution in [2.45, 2.75) is 31.3 Å². The van der Waals surface area contributed by atoms with Gasteiger partial charge in [0.2, 0.25) is 0 Å². The molecule has 16 heavy (non-hydrogen) atoms.